The van der Waals surface area contributed by atoms with Gasteiger partial charge >= 0.3 is 0 Å². The van der Waals surface area contributed by atoms with E-state index >= 15 is 0 Å². The number of carboxylic acids is 1. The Morgan fingerprint density at radius 1 is 1.18 bits per heavy atom. The highest BCUT2D eigenvalue weighted by atomic mass is 16.4. The van der Waals surface area contributed by atoms with E-state index in [1.54, 1.807) is 0 Å². The van der Waals surface area contributed by atoms with Crippen LogP contribution in [0.2, 0.25) is 0 Å². The van der Waals surface area contributed by atoms with Gasteiger partial charge in [0.1, 0.15) is 0 Å². The van der Waals surface area contributed by atoms with Crippen LogP contribution >= 0.6 is 0 Å². The van der Waals surface area contributed by atoms with Crippen LogP contribution in [-0.4, -0.2) is 29.1 Å². The van der Waals surface area contributed by atoms with Gasteiger partial charge < -0.3 is 5.11 Å². The standard InChI is InChI=1S/C12H17N.C2H4O2/c1-3-7-12(8-4-1)11-13-9-5-2-6-10-13;1-2(3)4/h1,3-4,7-8H,2,5-6,9-11H2;1H3,(H,3,4). The zero-order valence-corrected chi connectivity index (χ0v) is 10.4. The molecular formula is C14H21NO2. The molecule has 1 heterocycles. The topological polar surface area (TPSA) is 40.5 Å². The Morgan fingerprint density at radius 2 is 1.71 bits per heavy atom. The molecule has 0 aliphatic carbocycles. The van der Waals surface area contributed by atoms with Gasteiger partial charge in [0.2, 0.25) is 0 Å². The van der Waals surface area contributed by atoms with Gasteiger partial charge in [0, 0.05) is 13.5 Å². The van der Waals surface area contributed by atoms with Crippen LogP contribution in [0.1, 0.15) is 31.7 Å². The van der Waals surface area contributed by atoms with Gasteiger partial charge in [0.15, 0.2) is 0 Å². The second kappa shape index (κ2) is 7.85. The molecule has 0 unspecified atom stereocenters. The molecule has 0 radical (unpaired) electrons. The fraction of sp³-hybridized carbons (Fsp3) is 0.500. The van der Waals surface area contributed by atoms with E-state index in [2.05, 4.69) is 35.2 Å². The lowest BCUT2D eigenvalue weighted by Gasteiger charge is -2.26. The molecule has 1 aliphatic heterocycles. The number of nitrogens with zero attached hydrogens (tertiary/aromatic N) is 1. The van der Waals surface area contributed by atoms with Gasteiger partial charge in [-0.2, -0.15) is 0 Å². The molecule has 3 nitrogen and oxygen atoms in total. The molecule has 17 heavy (non-hydrogen) atoms. The maximum absolute atomic E-state index is 9.00. The highest BCUT2D eigenvalue weighted by molar-refractivity contribution is 5.62. The van der Waals surface area contributed by atoms with Crippen LogP contribution in [0, 0.1) is 0 Å². The zero-order valence-electron chi connectivity index (χ0n) is 10.4. The van der Waals surface area contributed by atoms with Crippen molar-refractivity contribution in [3.63, 3.8) is 0 Å². The molecule has 1 aromatic rings. The van der Waals surface area contributed by atoms with Gasteiger partial charge in [-0.1, -0.05) is 36.8 Å². The maximum atomic E-state index is 9.00. The summed E-state index contributed by atoms with van der Waals surface area (Å²) in [5, 5.41) is 7.42. The lowest BCUT2D eigenvalue weighted by atomic mass is 10.1. The van der Waals surface area contributed by atoms with Crippen molar-refractivity contribution < 1.29 is 9.90 Å². The van der Waals surface area contributed by atoms with E-state index in [0.29, 0.717) is 0 Å². The fourth-order valence-corrected chi connectivity index (χ4v) is 1.96. The molecule has 94 valence electrons. The van der Waals surface area contributed by atoms with E-state index in [9.17, 15) is 0 Å². The Morgan fingerprint density at radius 3 is 2.24 bits per heavy atom. The van der Waals surface area contributed by atoms with E-state index in [0.717, 1.165) is 13.5 Å². The van der Waals surface area contributed by atoms with E-state index < -0.39 is 5.97 Å². The van der Waals surface area contributed by atoms with Crippen molar-refractivity contribution in [3.05, 3.63) is 35.9 Å². The minimum Gasteiger partial charge on any atom is -0.481 e. The van der Waals surface area contributed by atoms with Gasteiger partial charge in [-0.05, 0) is 31.5 Å². The third kappa shape index (κ3) is 6.74. The van der Waals surface area contributed by atoms with Gasteiger partial charge in [-0.25, -0.2) is 0 Å². The first-order valence-electron chi connectivity index (χ1n) is 6.14. The van der Waals surface area contributed by atoms with Crippen molar-refractivity contribution in [2.24, 2.45) is 0 Å². The van der Waals surface area contributed by atoms with Gasteiger partial charge in [0.25, 0.3) is 5.97 Å². The molecule has 1 N–H and O–H groups in total. The number of hydrogen-bond donors (Lipinski definition) is 1. The molecular weight excluding hydrogens is 214 g/mol. The Labute approximate surface area is 103 Å². The van der Waals surface area contributed by atoms with Crippen molar-refractivity contribution in [2.45, 2.75) is 32.7 Å². The first kappa shape index (κ1) is 13.7. The summed E-state index contributed by atoms with van der Waals surface area (Å²) in [4.78, 5) is 11.6. The molecule has 1 aromatic carbocycles. The average molecular weight is 235 g/mol. The molecule has 1 saturated heterocycles. The number of rotatable bonds is 2. The first-order valence-corrected chi connectivity index (χ1v) is 6.14. The predicted octanol–water partition coefficient (Wildman–Crippen LogP) is 2.76. The molecule has 0 saturated carbocycles. The van der Waals surface area contributed by atoms with E-state index in [1.165, 1.54) is 37.9 Å². The summed E-state index contributed by atoms with van der Waals surface area (Å²) in [6.07, 6.45) is 4.19. The fourth-order valence-electron chi connectivity index (χ4n) is 1.96. The Hall–Kier alpha value is -1.35. The normalized spacial score (nSPS) is 15.8. The molecule has 0 bridgehead atoms. The third-order valence-electron chi connectivity index (χ3n) is 2.70. The molecule has 0 spiro atoms. The quantitative estimate of drug-likeness (QED) is 0.857. The highest BCUT2D eigenvalue weighted by Crippen LogP contribution is 2.12. The van der Waals surface area contributed by atoms with E-state index in [1.807, 2.05) is 0 Å². The first-order chi connectivity index (χ1) is 8.18. The van der Waals surface area contributed by atoms with Crippen LogP contribution in [0.3, 0.4) is 0 Å². The van der Waals surface area contributed by atoms with E-state index in [4.69, 9.17) is 9.90 Å². The Kier molecular flexibility index (Phi) is 6.33. The van der Waals surface area contributed by atoms with Crippen LogP contribution in [0.15, 0.2) is 30.3 Å². The van der Waals surface area contributed by atoms with Crippen LogP contribution in [-0.2, 0) is 11.3 Å². The number of carboxylic acid groups (broad SMARTS) is 1. The van der Waals surface area contributed by atoms with Crippen LogP contribution in [0.25, 0.3) is 0 Å². The number of benzene rings is 1. The van der Waals surface area contributed by atoms with Crippen molar-refractivity contribution in [1.82, 2.24) is 4.90 Å². The number of likely N-dealkylation sites (tertiary alicyclic amines) is 1. The van der Waals surface area contributed by atoms with Crippen molar-refractivity contribution >= 4 is 5.97 Å². The molecule has 1 aliphatic rings. The molecule has 0 amide bonds. The number of piperidine rings is 1. The van der Waals surface area contributed by atoms with Gasteiger partial charge in [0.05, 0.1) is 0 Å². The minimum atomic E-state index is -0.833. The number of aliphatic carboxylic acids is 1. The summed E-state index contributed by atoms with van der Waals surface area (Å²) in [5.74, 6) is -0.833. The molecule has 3 heteroatoms. The monoisotopic (exact) mass is 235 g/mol. The van der Waals surface area contributed by atoms with Crippen molar-refractivity contribution in [1.29, 1.82) is 0 Å². The molecule has 2 rings (SSSR count). The van der Waals surface area contributed by atoms with Gasteiger partial charge in [-0.15, -0.1) is 0 Å². The van der Waals surface area contributed by atoms with Crippen molar-refractivity contribution in [2.75, 3.05) is 13.1 Å². The van der Waals surface area contributed by atoms with E-state index in [-0.39, 0.29) is 0 Å². The second-order valence-corrected chi connectivity index (χ2v) is 4.34. The summed E-state index contributed by atoms with van der Waals surface area (Å²) in [6, 6.07) is 10.8. The molecule has 0 atom stereocenters. The summed E-state index contributed by atoms with van der Waals surface area (Å²) >= 11 is 0. The smallest absolute Gasteiger partial charge is 0.300 e. The summed E-state index contributed by atoms with van der Waals surface area (Å²) in [7, 11) is 0. The Bertz CT molecular complexity index is 314. The van der Waals surface area contributed by atoms with Crippen molar-refractivity contribution in [3.8, 4) is 0 Å². The predicted molar refractivity (Wildman–Crippen MR) is 68.9 cm³/mol. The molecule has 0 aromatic heterocycles. The number of carbonyl (C=O) groups is 1. The minimum absolute atomic E-state index is 0.833. The summed E-state index contributed by atoms with van der Waals surface area (Å²) < 4.78 is 0. The second-order valence-electron chi connectivity index (χ2n) is 4.34. The molecule has 1 fully saturated rings. The third-order valence-corrected chi connectivity index (χ3v) is 2.70. The SMILES string of the molecule is CC(=O)O.c1ccc(CN2CCCCC2)cc1. The zero-order chi connectivity index (χ0) is 12.5. The summed E-state index contributed by atoms with van der Waals surface area (Å²) in [6.45, 7) is 4.80. The largest absolute Gasteiger partial charge is 0.481 e. The maximum Gasteiger partial charge on any atom is 0.300 e. The lowest BCUT2D eigenvalue weighted by molar-refractivity contribution is -0.134. The average Bonchev–Trinajstić information content (AvgIpc) is 2.31. The van der Waals surface area contributed by atoms with Crippen LogP contribution in [0.4, 0.5) is 0 Å². The Balaban J connectivity index is 0.000000317. The van der Waals surface area contributed by atoms with Crippen LogP contribution < -0.4 is 0 Å². The van der Waals surface area contributed by atoms with Gasteiger partial charge in [-0.3, -0.25) is 9.69 Å². The highest BCUT2D eigenvalue weighted by Gasteiger charge is 2.09. The van der Waals surface area contributed by atoms with Crippen LogP contribution in [0.5, 0.6) is 0 Å². The number of hydrogen-bond acceptors (Lipinski definition) is 2. The lowest BCUT2D eigenvalue weighted by Crippen LogP contribution is -2.28. The summed E-state index contributed by atoms with van der Waals surface area (Å²) in [5.41, 5.74) is 1.45.